The minimum atomic E-state index is -0.902. The molecular weight excluding hydrogens is 338 g/mol. The lowest BCUT2D eigenvalue weighted by atomic mass is 9.94. The quantitative estimate of drug-likeness (QED) is 0.796. The standard InChI is InChI=1S/C22H28N3O2/c1-6-22(23-20(24(4)5)21(2,3)25(22)26)18-12-14-19(15-13-18)27-16-17-10-8-7-9-11-17/h7-15H,6,16H2,1-5H3. The van der Waals surface area contributed by atoms with Crippen LogP contribution in [0.15, 0.2) is 59.6 Å². The van der Waals surface area contributed by atoms with Crippen LogP contribution in [0.25, 0.3) is 0 Å². The molecule has 1 heterocycles. The Hall–Kier alpha value is -2.37. The Labute approximate surface area is 161 Å². The van der Waals surface area contributed by atoms with E-state index >= 15 is 0 Å². The molecule has 1 aliphatic rings. The first kappa shape index (κ1) is 19.4. The molecule has 3 rings (SSSR count). The Bertz CT molecular complexity index is 800. The summed E-state index contributed by atoms with van der Waals surface area (Å²) in [6.07, 6.45) is 0.599. The van der Waals surface area contributed by atoms with Gasteiger partial charge in [0.2, 0.25) is 0 Å². The van der Waals surface area contributed by atoms with Crippen molar-refractivity contribution in [1.29, 1.82) is 0 Å². The number of nitrogens with zero attached hydrogens (tertiary/aromatic N) is 3. The first-order valence-corrected chi connectivity index (χ1v) is 9.33. The number of hydrogen-bond donors (Lipinski definition) is 0. The molecule has 0 aromatic heterocycles. The normalized spacial score (nSPS) is 21.8. The van der Waals surface area contributed by atoms with Crippen molar-refractivity contribution in [2.75, 3.05) is 14.1 Å². The molecule has 5 nitrogen and oxygen atoms in total. The summed E-state index contributed by atoms with van der Waals surface area (Å²) in [4.78, 5) is 6.81. The van der Waals surface area contributed by atoms with E-state index in [1.165, 1.54) is 0 Å². The molecule has 1 atom stereocenters. The molecule has 0 amide bonds. The van der Waals surface area contributed by atoms with Crippen LogP contribution in [0, 0.1) is 0 Å². The van der Waals surface area contributed by atoms with E-state index in [0.717, 1.165) is 27.8 Å². The fourth-order valence-electron chi connectivity index (χ4n) is 3.73. The van der Waals surface area contributed by atoms with Crippen molar-refractivity contribution in [2.45, 2.75) is 45.0 Å². The fraction of sp³-hybridized carbons (Fsp3) is 0.409. The van der Waals surface area contributed by atoms with E-state index in [1.807, 2.05) is 94.4 Å². The average molecular weight is 366 g/mol. The third-order valence-electron chi connectivity index (χ3n) is 5.16. The van der Waals surface area contributed by atoms with E-state index in [1.54, 1.807) is 0 Å². The number of aliphatic imine (C=N–C) groups is 1. The zero-order chi connectivity index (χ0) is 19.7. The summed E-state index contributed by atoms with van der Waals surface area (Å²) in [6, 6.07) is 17.8. The van der Waals surface area contributed by atoms with Gasteiger partial charge in [-0.25, -0.2) is 4.99 Å². The fourth-order valence-corrected chi connectivity index (χ4v) is 3.73. The van der Waals surface area contributed by atoms with Crippen molar-refractivity contribution in [1.82, 2.24) is 9.96 Å². The monoisotopic (exact) mass is 366 g/mol. The molecule has 0 fully saturated rings. The topological polar surface area (TPSA) is 48.0 Å². The maximum absolute atomic E-state index is 13.2. The summed E-state index contributed by atoms with van der Waals surface area (Å²) in [5.41, 5.74) is 0.426. The maximum Gasteiger partial charge on any atom is 0.166 e. The van der Waals surface area contributed by atoms with Crippen molar-refractivity contribution in [2.24, 2.45) is 4.99 Å². The van der Waals surface area contributed by atoms with Crippen LogP contribution in [0.5, 0.6) is 5.75 Å². The number of amidine groups is 1. The lowest BCUT2D eigenvalue weighted by Gasteiger charge is -2.36. The average Bonchev–Trinajstić information content (AvgIpc) is 2.89. The highest BCUT2D eigenvalue weighted by atomic mass is 16.5. The van der Waals surface area contributed by atoms with Crippen LogP contribution in [0.2, 0.25) is 0 Å². The molecule has 0 saturated carbocycles. The van der Waals surface area contributed by atoms with Crippen LogP contribution in [0.1, 0.15) is 38.3 Å². The van der Waals surface area contributed by atoms with Gasteiger partial charge in [0.1, 0.15) is 23.7 Å². The Morgan fingerprint density at radius 2 is 1.67 bits per heavy atom. The largest absolute Gasteiger partial charge is 0.489 e. The van der Waals surface area contributed by atoms with E-state index in [2.05, 4.69) is 0 Å². The zero-order valence-corrected chi connectivity index (χ0v) is 16.8. The smallest absolute Gasteiger partial charge is 0.166 e. The molecule has 0 N–H and O–H groups in total. The molecule has 143 valence electrons. The minimum Gasteiger partial charge on any atom is -0.489 e. The van der Waals surface area contributed by atoms with E-state index < -0.39 is 11.2 Å². The maximum atomic E-state index is 13.2. The van der Waals surface area contributed by atoms with Gasteiger partial charge in [0.15, 0.2) is 5.66 Å². The van der Waals surface area contributed by atoms with Crippen LogP contribution in [0.4, 0.5) is 0 Å². The molecule has 2 aromatic carbocycles. The highest BCUT2D eigenvalue weighted by Gasteiger charge is 2.54. The van der Waals surface area contributed by atoms with Crippen molar-refractivity contribution >= 4 is 5.84 Å². The number of ether oxygens (including phenoxy) is 1. The van der Waals surface area contributed by atoms with Crippen LogP contribution < -0.4 is 4.74 Å². The molecule has 0 bridgehead atoms. The van der Waals surface area contributed by atoms with Gasteiger partial charge in [-0.1, -0.05) is 49.4 Å². The number of hydrogen-bond acceptors (Lipinski definition) is 4. The van der Waals surface area contributed by atoms with Gasteiger partial charge in [0, 0.05) is 14.1 Å². The third-order valence-corrected chi connectivity index (χ3v) is 5.16. The molecule has 1 unspecified atom stereocenters. The first-order valence-electron chi connectivity index (χ1n) is 9.33. The predicted octanol–water partition coefficient (Wildman–Crippen LogP) is 4.23. The highest BCUT2D eigenvalue weighted by molar-refractivity contribution is 5.92. The van der Waals surface area contributed by atoms with Crippen molar-refractivity contribution in [3.05, 3.63) is 65.7 Å². The molecule has 0 saturated heterocycles. The summed E-state index contributed by atoms with van der Waals surface area (Å²) in [7, 11) is 3.86. The first-order chi connectivity index (χ1) is 12.8. The van der Waals surface area contributed by atoms with Crippen LogP contribution in [-0.2, 0) is 17.5 Å². The Morgan fingerprint density at radius 1 is 1.04 bits per heavy atom. The van der Waals surface area contributed by atoms with Crippen LogP contribution in [-0.4, -0.2) is 35.4 Å². The second kappa shape index (κ2) is 7.33. The molecule has 0 spiro atoms. The van der Waals surface area contributed by atoms with E-state index in [0.29, 0.717) is 13.0 Å². The second-order valence-electron chi connectivity index (χ2n) is 7.65. The summed E-state index contributed by atoms with van der Waals surface area (Å²) in [6.45, 7) is 6.37. The van der Waals surface area contributed by atoms with E-state index in [4.69, 9.17) is 9.73 Å². The van der Waals surface area contributed by atoms with Crippen LogP contribution >= 0.6 is 0 Å². The Balaban J connectivity index is 1.84. The SMILES string of the molecule is CCC1(c2ccc(OCc3ccccc3)cc2)N=C(N(C)C)C(C)(C)N1[O]. The van der Waals surface area contributed by atoms with Gasteiger partial charge in [-0.05, 0) is 43.5 Å². The summed E-state index contributed by atoms with van der Waals surface area (Å²) >= 11 is 0. The molecular formula is C22H28N3O2. The lowest BCUT2D eigenvalue weighted by molar-refractivity contribution is -0.256. The van der Waals surface area contributed by atoms with Gasteiger partial charge in [0.05, 0.1) is 0 Å². The van der Waals surface area contributed by atoms with Crippen LogP contribution in [0.3, 0.4) is 0 Å². The molecule has 27 heavy (non-hydrogen) atoms. The number of benzene rings is 2. The van der Waals surface area contributed by atoms with Crippen molar-refractivity contribution in [3.63, 3.8) is 0 Å². The Morgan fingerprint density at radius 3 is 2.19 bits per heavy atom. The van der Waals surface area contributed by atoms with Gasteiger partial charge < -0.3 is 9.64 Å². The highest BCUT2D eigenvalue weighted by Crippen LogP contribution is 2.44. The molecule has 1 aliphatic heterocycles. The van der Waals surface area contributed by atoms with Gasteiger partial charge in [0.25, 0.3) is 0 Å². The van der Waals surface area contributed by atoms with Gasteiger partial charge in [-0.2, -0.15) is 0 Å². The molecule has 0 aliphatic carbocycles. The van der Waals surface area contributed by atoms with E-state index in [9.17, 15) is 5.21 Å². The lowest BCUT2D eigenvalue weighted by Crippen LogP contribution is -2.52. The molecule has 1 radical (unpaired) electrons. The van der Waals surface area contributed by atoms with Gasteiger partial charge >= 0.3 is 0 Å². The summed E-state index contributed by atoms with van der Waals surface area (Å²) in [5, 5.41) is 14.4. The minimum absolute atomic E-state index is 0.517. The number of rotatable bonds is 5. The van der Waals surface area contributed by atoms with Crippen molar-refractivity contribution in [3.8, 4) is 5.75 Å². The molecule has 2 aromatic rings. The summed E-state index contributed by atoms with van der Waals surface area (Å²) in [5.74, 6) is 1.57. The zero-order valence-electron chi connectivity index (χ0n) is 16.8. The molecule has 5 heteroatoms. The van der Waals surface area contributed by atoms with Gasteiger partial charge in [-0.3, -0.25) is 0 Å². The van der Waals surface area contributed by atoms with Crippen molar-refractivity contribution < 1.29 is 9.94 Å². The predicted molar refractivity (Wildman–Crippen MR) is 107 cm³/mol. The third kappa shape index (κ3) is 3.45. The summed E-state index contributed by atoms with van der Waals surface area (Å²) < 4.78 is 5.87. The second-order valence-corrected chi connectivity index (χ2v) is 7.65. The Kier molecular flexibility index (Phi) is 5.27. The van der Waals surface area contributed by atoms with Gasteiger partial charge in [-0.15, -0.1) is 10.3 Å². The van der Waals surface area contributed by atoms with E-state index in [-0.39, 0.29) is 0 Å². The number of hydroxylamine groups is 2. The number of likely N-dealkylation sites (N-methyl/N-ethyl adjacent to an activating group) is 1.